The zero-order valence-corrected chi connectivity index (χ0v) is 15.3. The van der Waals surface area contributed by atoms with E-state index in [9.17, 15) is 14.0 Å². The number of unbranched alkanes of at least 4 members (excludes halogenated alkanes) is 3. The summed E-state index contributed by atoms with van der Waals surface area (Å²) in [5, 5.41) is 5.51. The van der Waals surface area contributed by atoms with E-state index in [4.69, 9.17) is 5.73 Å². The van der Waals surface area contributed by atoms with Crippen LogP contribution in [0, 0.1) is 5.82 Å². The van der Waals surface area contributed by atoms with E-state index in [1.807, 2.05) is 0 Å². The normalized spacial score (nSPS) is 10.4. The van der Waals surface area contributed by atoms with Crippen molar-refractivity contribution in [3.63, 3.8) is 0 Å². The van der Waals surface area contributed by atoms with Crippen molar-refractivity contribution in [1.82, 2.24) is 5.32 Å². The fourth-order valence-electron chi connectivity index (χ4n) is 2.63. The maximum Gasteiger partial charge on any atom is 0.251 e. The molecule has 0 heterocycles. The molecule has 6 heteroatoms. The summed E-state index contributed by atoms with van der Waals surface area (Å²) in [6.07, 6.45) is 4.33. The highest BCUT2D eigenvalue weighted by atomic mass is 19.1. The van der Waals surface area contributed by atoms with Gasteiger partial charge in [0.2, 0.25) is 5.91 Å². The Morgan fingerprint density at radius 1 is 0.926 bits per heavy atom. The van der Waals surface area contributed by atoms with Crippen molar-refractivity contribution in [3.05, 3.63) is 65.5 Å². The van der Waals surface area contributed by atoms with Crippen LogP contribution in [0.3, 0.4) is 0 Å². The largest absolute Gasteiger partial charge is 0.348 e. The van der Waals surface area contributed by atoms with Gasteiger partial charge in [0.1, 0.15) is 5.82 Å². The van der Waals surface area contributed by atoms with Gasteiger partial charge in [0, 0.05) is 29.8 Å². The summed E-state index contributed by atoms with van der Waals surface area (Å²) in [6.45, 7) is 0.806. The second-order valence-electron chi connectivity index (χ2n) is 6.35. The number of nitrogens with two attached hydrogens (primary N) is 1. The standard InChI is InChI=1S/C21H26FN3O2/c22-19-8-5-4-7-17(19)15-24-21(27)16-10-12-18(13-11-16)25-20(26)9-3-1-2-6-14-23/h4-5,7-8,10-13H,1-3,6,9,14-15,23H2,(H,24,27)(H,25,26). The first kappa shape index (κ1) is 20.6. The molecule has 2 aromatic rings. The van der Waals surface area contributed by atoms with Crippen LogP contribution >= 0.6 is 0 Å². The molecule has 0 aromatic heterocycles. The first-order valence-electron chi connectivity index (χ1n) is 9.21. The summed E-state index contributed by atoms with van der Waals surface area (Å²) in [5.74, 6) is -0.686. The average Bonchev–Trinajstić information content (AvgIpc) is 2.67. The van der Waals surface area contributed by atoms with Gasteiger partial charge in [-0.25, -0.2) is 4.39 Å². The van der Waals surface area contributed by atoms with Crippen molar-refractivity contribution in [2.75, 3.05) is 11.9 Å². The first-order valence-corrected chi connectivity index (χ1v) is 9.21. The molecule has 2 aromatic carbocycles. The monoisotopic (exact) mass is 371 g/mol. The van der Waals surface area contributed by atoms with E-state index in [0.29, 0.717) is 29.8 Å². The molecule has 0 bridgehead atoms. The van der Waals surface area contributed by atoms with Crippen LogP contribution in [-0.2, 0) is 11.3 Å². The Labute approximate surface area is 159 Å². The molecule has 0 unspecified atom stereocenters. The lowest BCUT2D eigenvalue weighted by atomic mass is 10.1. The molecule has 2 amide bonds. The van der Waals surface area contributed by atoms with Crippen LogP contribution in [0.4, 0.5) is 10.1 Å². The van der Waals surface area contributed by atoms with E-state index in [2.05, 4.69) is 10.6 Å². The SMILES string of the molecule is NCCCCCCC(=O)Nc1ccc(C(=O)NCc2ccccc2F)cc1. The van der Waals surface area contributed by atoms with Crippen molar-refractivity contribution < 1.29 is 14.0 Å². The Hall–Kier alpha value is -2.73. The zero-order chi connectivity index (χ0) is 19.5. The van der Waals surface area contributed by atoms with Crippen molar-refractivity contribution in [2.45, 2.75) is 38.6 Å². The van der Waals surface area contributed by atoms with Gasteiger partial charge in [-0.05, 0) is 49.7 Å². The van der Waals surface area contributed by atoms with Crippen molar-refractivity contribution >= 4 is 17.5 Å². The third-order valence-electron chi connectivity index (χ3n) is 4.19. The molecule has 0 spiro atoms. The zero-order valence-electron chi connectivity index (χ0n) is 15.3. The second kappa shape index (κ2) is 11.1. The molecule has 144 valence electrons. The highest BCUT2D eigenvalue weighted by Gasteiger charge is 2.08. The second-order valence-corrected chi connectivity index (χ2v) is 6.35. The highest BCUT2D eigenvalue weighted by Crippen LogP contribution is 2.12. The van der Waals surface area contributed by atoms with Crippen LogP contribution in [0.15, 0.2) is 48.5 Å². The van der Waals surface area contributed by atoms with Gasteiger partial charge in [-0.2, -0.15) is 0 Å². The number of halogens is 1. The van der Waals surface area contributed by atoms with Crippen LogP contribution < -0.4 is 16.4 Å². The molecule has 5 nitrogen and oxygen atoms in total. The molecule has 0 aliphatic rings. The van der Waals surface area contributed by atoms with E-state index < -0.39 is 0 Å². The quantitative estimate of drug-likeness (QED) is 0.558. The summed E-state index contributed by atoms with van der Waals surface area (Å²) in [5.41, 5.74) is 6.96. The lowest BCUT2D eigenvalue weighted by Crippen LogP contribution is -2.23. The number of amides is 2. The van der Waals surface area contributed by atoms with Crippen LogP contribution in [0.1, 0.15) is 48.0 Å². The Balaban J connectivity index is 1.77. The van der Waals surface area contributed by atoms with Gasteiger partial charge in [-0.1, -0.05) is 31.0 Å². The maximum absolute atomic E-state index is 13.6. The molecule has 27 heavy (non-hydrogen) atoms. The molecular weight excluding hydrogens is 345 g/mol. The molecule has 0 aliphatic carbocycles. The summed E-state index contributed by atoms with van der Waals surface area (Å²) in [7, 11) is 0. The molecule has 0 aliphatic heterocycles. The van der Waals surface area contributed by atoms with Gasteiger partial charge in [-0.3, -0.25) is 9.59 Å². The van der Waals surface area contributed by atoms with Crippen molar-refractivity contribution in [3.8, 4) is 0 Å². The number of nitrogens with one attached hydrogen (secondary N) is 2. The minimum atomic E-state index is -0.348. The highest BCUT2D eigenvalue weighted by molar-refractivity contribution is 5.95. The van der Waals surface area contributed by atoms with Gasteiger partial charge < -0.3 is 16.4 Å². The Kier molecular flexibility index (Phi) is 8.45. The summed E-state index contributed by atoms with van der Waals surface area (Å²) in [6, 6.07) is 12.9. The minimum Gasteiger partial charge on any atom is -0.348 e. The molecule has 0 fully saturated rings. The van der Waals surface area contributed by atoms with Crippen LogP contribution in [0.2, 0.25) is 0 Å². The molecule has 0 atom stereocenters. The van der Waals surface area contributed by atoms with Gasteiger partial charge in [-0.15, -0.1) is 0 Å². The fourth-order valence-corrected chi connectivity index (χ4v) is 2.63. The average molecular weight is 371 g/mol. The molecule has 4 N–H and O–H groups in total. The molecular formula is C21H26FN3O2. The topological polar surface area (TPSA) is 84.2 Å². The number of rotatable bonds is 10. The number of hydrogen-bond acceptors (Lipinski definition) is 3. The van der Waals surface area contributed by atoms with Crippen molar-refractivity contribution in [1.29, 1.82) is 0 Å². The van der Waals surface area contributed by atoms with Gasteiger partial charge >= 0.3 is 0 Å². The molecule has 0 radical (unpaired) electrons. The predicted molar refractivity (Wildman–Crippen MR) is 105 cm³/mol. The molecule has 0 saturated carbocycles. The number of carbonyl (C=O) groups is 2. The van der Waals surface area contributed by atoms with Gasteiger partial charge in [0.25, 0.3) is 5.91 Å². The Morgan fingerprint density at radius 3 is 2.33 bits per heavy atom. The van der Waals surface area contributed by atoms with Crippen LogP contribution in [-0.4, -0.2) is 18.4 Å². The van der Waals surface area contributed by atoms with E-state index >= 15 is 0 Å². The number of carbonyl (C=O) groups excluding carboxylic acids is 2. The number of hydrogen-bond donors (Lipinski definition) is 3. The smallest absolute Gasteiger partial charge is 0.251 e. The predicted octanol–water partition coefficient (Wildman–Crippen LogP) is 3.60. The summed E-state index contributed by atoms with van der Waals surface area (Å²) in [4.78, 5) is 24.1. The lowest BCUT2D eigenvalue weighted by molar-refractivity contribution is -0.116. The summed E-state index contributed by atoms with van der Waals surface area (Å²) >= 11 is 0. The maximum atomic E-state index is 13.6. The van der Waals surface area contributed by atoms with E-state index in [0.717, 1.165) is 25.7 Å². The fraction of sp³-hybridized carbons (Fsp3) is 0.333. The molecule has 2 rings (SSSR count). The number of benzene rings is 2. The van der Waals surface area contributed by atoms with E-state index in [1.165, 1.54) is 6.07 Å². The van der Waals surface area contributed by atoms with Crippen molar-refractivity contribution in [2.24, 2.45) is 5.73 Å². The Bertz CT molecular complexity index is 747. The van der Waals surface area contributed by atoms with Crippen LogP contribution in [0.5, 0.6) is 0 Å². The number of anilines is 1. The third kappa shape index (κ3) is 7.19. The van der Waals surface area contributed by atoms with E-state index in [-0.39, 0.29) is 24.2 Å². The Morgan fingerprint density at radius 2 is 1.63 bits per heavy atom. The first-order chi connectivity index (χ1) is 13.1. The van der Waals surface area contributed by atoms with Gasteiger partial charge in [0.15, 0.2) is 0 Å². The van der Waals surface area contributed by atoms with Gasteiger partial charge in [0.05, 0.1) is 0 Å². The third-order valence-corrected chi connectivity index (χ3v) is 4.19. The van der Waals surface area contributed by atoms with E-state index in [1.54, 1.807) is 42.5 Å². The molecule has 0 saturated heterocycles. The minimum absolute atomic E-state index is 0.0421. The summed E-state index contributed by atoms with van der Waals surface area (Å²) < 4.78 is 13.6. The van der Waals surface area contributed by atoms with Crippen LogP contribution in [0.25, 0.3) is 0 Å². The lowest BCUT2D eigenvalue weighted by Gasteiger charge is -2.08.